The van der Waals surface area contributed by atoms with Gasteiger partial charge in [-0.05, 0) is 6.42 Å². The van der Waals surface area contributed by atoms with Crippen molar-refractivity contribution in [1.29, 1.82) is 0 Å². The van der Waals surface area contributed by atoms with Gasteiger partial charge in [0.1, 0.15) is 0 Å². The van der Waals surface area contributed by atoms with Crippen molar-refractivity contribution in [2.24, 2.45) is 0 Å². The van der Waals surface area contributed by atoms with Crippen LogP contribution in [0.15, 0.2) is 0 Å². The molecule has 11 heavy (non-hydrogen) atoms. The Morgan fingerprint density at radius 3 is 2.36 bits per heavy atom. The van der Waals surface area contributed by atoms with E-state index < -0.39 is 0 Å². The van der Waals surface area contributed by atoms with E-state index in [1.807, 2.05) is 0 Å². The second-order valence-electron chi connectivity index (χ2n) is 2.80. The summed E-state index contributed by atoms with van der Waals surface area (Å²) in [4.78, 5) is 9.70. The van der Waals surface area contributed by atoms with Gasteiger partial charge in [0.2, 0.25) is 0 Å². The van der Waals surface area contributed by atoms with Crippen LogP contribution in [0.3, 0.4) is 0 Å². The predicted molar refractivity (Wildman–Crippen MR) is 47.1 cm³/mol. The molecule has 0 unspecified atom stereocenters. The van der Waals surface area contributed by atoms with Crippen LogP contribution in [-0.2, 0) is 4.79 Å². The molecule has 0 aliphatic heterocycles. The van der Waals surface area contributed by atoms with Crippen LogP contribution in [0.2, 0.25) is 0 Å². The molecule has 0 aromatic heterocycles. The van der Waals surface area contributed by atoms with E-state index in [9.17, 15) is 4.79 Å². The Bertz CT molecular complexity index is 83.6. The third kappa shape index (κ3) is 9.47. The van der Waals surface area contributed by atoms with Crippen molar-refractivity contribution in [3.05, 3.63) is 0 Å². The van der Waals surface area contributed by atoms with Gasteiger partial charge >= 0.3 is 6.41 Å². The molecular formula is C9H18NO. The summed E-state index contributed by atoms with van der Waals surface area (Å²) in [6, 6.07) is 0. The molecule has 1 amide bonds. The Kier molecular flexibility index (Phi) is 9.01. The predicted octanol–water partition coefficient (Wildman–Crippen LogP) is 2.00. The maximum atomic E-state index is 9.70. The first-order chi connectivity index (χ1) is 5.41. The summed E-state index contributed by atoms with van der Waals surface area (Å²) in [6.07, 6.45) is 9.26. The lowest BCUT2D eigenvalue weighted by molar-refractivity contribution is 0.535. The standard InChI is InChI=1S/C9H18NO/c1-2-3-4-5-6-7-8-10-9-11/h2-8H2,1H3,(H,10,11). The van der Waals surface area contributed by atoms with Gasteiger partial charge in [0.15, 0.2) is 0 Å². The van der Waals surface area contributed by atoms with Crippen molar-refractivity contribution in [3.63, 3.8) is 0 Å². The molecular weight excluding hydrogens is 138 g/mol. The van der Waals surface area contributed by atoms with Crippen LogP contribution in [0.4, 0.5) is 0 Å². The average molecular weight is 156 g/mol. The smallest absolute Gasteiger partial charge is 0.309 e. The van der Waals surface area contributed by atoms with E-state index >= 15 is 0 Å². The summed E-state index contributed by atoms with van der Waals surface area (Å²) in [5, 5.41) is 2.53. The van der Waals surface area contributed by atoms with Crippen molar-refractivity contribution in [2.45, 2.75) is 45.4 Å². The van der Waals surface area contributed by atoms with Crippen molar-refractivity contribution >= 4 is 6.41 Å². The van der Waals surface area contributed by atoms with Crippen LogP contribution in [0.5, 0.6) is 0 Å². The molecule has 0 aliphatic carbocycles. The monoisotopic (exact) mass is 156 g/mol. The molecule has 0 rings (SSSR count). The third-order valence-corrected chi connectivity index (χ3v) is 1.73. The normalized spacial score (nSPS) is 9.55. The van der Waals surface area contributed by atoms with Crippen LogP contribution in [0, 0.1) is 0 Å². The highest BCUT2D eigenvalue weighted by Gasteiger charge is 1.88. The van der Waals surface area contributed by atoms with Crippen molar-refractivity contribution in [1.82, 2.24) is 5.32 Å². The molecule has 1 radical (unpaired) electrons. The summed E-state index contributed by atoms with van der Waals surface area (Å²) in [5.74, 6) is 0. The lowest BCUT2D eigenvalue weighted by atomic mass is 10.1. The fraction of sp³-hybridized carbons (Fsp3) is 0.889. The fourth-order valence-corrected chi connectivity index (χ4v) is 1.04. The van der Waals surface area contributed by atoms with Gasteiger partial charge in [0.25, 0.3) is 0 Å². The zero-order chi connectivity index (χ0) is 8.36. The van der Waals surface area contributed by atoms with Crippen molar-refractivity contribution in [2.75, 3.05) is 6.54 Å². The van der Waals surface area contributed by atoms with Gasteiger partial charge in [-0.3, -0.25) is 4.79 Å². The number of rotatable bonds is 8. The van der Waals surface area contributed by atoms with E-state index in [0.717, 1.165) is 13.0 Å². The van der Waals surface area contributed by atoms with Gasteiger partial charge in [-0.15, -0.1) is 0 Å². The number of hydrogen-bond acceptors (Lipinski definition) is 1. The molecule has 0 fully saturated rings. The van der Waals surface area contributed by atoms with E-state index in [1.165, 1.54) is 32.1 Å². The molecule has 0 atom stereocenters. The maximum Gasteiger partial charge on any atom is 0.309 e. The third-order valence-electron chi connectivity index (χ3n) is 1.73. The lowest BCUT2D eigenvalue weighted by Gasteiger charge is -1.98. The van der Waals surface area contributed by atoms with Gasteiger partial charge in [-0.1, -0.05) is 39.0 Å². The Balaban J connectivity index is 2.74. The molecule has 65 valence electrons. The summed E-state index contributed by atoms with van der Waals surface area (Å²) in [5.41, 5.74) is 0. The number of carbonyl (C=O) groups excluding carboxylic acids is 1. The van der Waals surface area contributed by atoms with Gasteiger partial charge in [-0.2, -0.15) is 0 Å². The van der Waals surface area contributed by atoms with Crippen LogP contribution < -0.4 is 5.32 Å². The zero-order valence-electron chi connectivity index (χ0n) is 7.36. The Morgan fingerprint density at radius 2 is 1.73 bits per heavy atom. The number of hydrogen-bond donors (Lipinski definition) is 1. The first kappa shape index (κ1) is 10.5. The van der Waals surface area contributed by atoms with Crippen LogP contribution >= 0.6 is 0 Å². The zero-order valence-corrected chi connectivity index (χ0v) is 7.36. The van der Waals surface area contributed by atoms with E-state index in [4.69, 9.17) is 0 Å². The molecule has 2 nitrogen and oxygen atoms in total. The first-order valence-electron chi connectivity index (χ1n) is 4.51. The van der Waals surface area contributed by atoms with Crippen LogP contribution in [0.1, 0.15) is 45.4 Å². The topological polar surface area (TPSA) is 29.1 Å². The van der Waals surface area contributed by atoms with Crippen LogP contribution in [0.25, 0.3) is 0 Å². The Hall–Kier alpha value is -0.530. The number of nitrogens with one attached hydrogen (secondary N) is 1. The largest absolute Gasteiger partial charge is 0.348 e. The highest BCUT2D eigenvalue weighted by molar-refractivity contribution is 5.46. The fourth-order valence-electron chi connectivity index (χ4n) is 1.04. The minimum absolute atomic E-state index is 0.787. The molecule has 0 aromatic carbocycles. The molecule has 0 aromatic rings. The van der Waals surface area contributed by atoms with E-state index in [0.29, 0.717) is 0 Å². The van der Waals surface area contributed by atoms with E-state index in [1.54, 1.807) is 6.41 Å². The van der Waals surface area contributed by atoms with Crippen molar-refractivity contribution < 1.29 is 4.79 Å². The molecule has 0 spiro atoms. The SMILES string of the molecule is CCCCCCCCN[C]=O. The minimum Gasteiger partial charge on any atom is -0.348 e. The Labute approximate surface area is 69.4 Å². The molecule has 2 heteroatoms. The van der Waals surface area contributed by atoms with Gasteiger partial charge in [0.05, 0.1) is 0 Å². The van der Waals surface area contributed by atoms with Crippen LogP contribution in [-0.4, -0.2) is 13.0 Å². The summed E-state index contributed by atoms with van der Waals surface area (Å²) in [6.45, 7) is 3.00. The molecule has 0 saturated carbocycles. The molecule has 0 heterocycles. The van der Waals surface area contributed by atoms with E-state index in [-0.39, 0.29) is 0 Å². The average Bonchev–Trinajstić information content (AvgIpc) is 2.03. The minimum atomic E-state index is 0.787. The molecule has 0 bridgehead atoms. The molecule has 0 saturated heterocycles. The quantitative estimate of drug-likeness (QED) is 0.422. The number of amides is 1. The second-order valence-corrected chi connectivity index (χ2v) is 2.80. The summed E-state index contributed by atoms with van der Waals surface area (Å²) in [7, 11) is 0. The van der Waals surface area contributed by atoms with Gasteiger partial charge < -0.3 is 5.32 Å². The highest BCUT2D eigenvalue weighted by Crippen LogP contribution is 2.03. The highest BCUT2D eigenvalue weighted by atomic mass is 16.1. The maximum absolute atomic E-state index is 9.70. The molecule has 0 aliphatic rings. The lowest BCUT2D eigenvalue weighted by Crippen LogP contribution is -2.11. The number of unbranched alkanes of at least 4 members (excludes halogenated alkanes) is 5. The molecule has 1 N–H and O–H groups in total. The first-order valence-corrected chi connectivity index (χ1v) is 4.51. The summed E-state index contributed by atoms with van der Waals surface area (Å²) >= 11 is 0. The Morgan fingerprint density at radius 1 is 1.09 bits per heavy atom. The van der Waals surface area contributed by atoms with Gasteiger partial charge in [-0.25, -0.2) is 0 Å². The van der Waals surface area contributed by atoms with Gasteiger partial charge in [0, 0.05) is 6.54 Å². The van der Waals surface area contributed by atoms with E-state index in [2.05, 4.69) is 12.2 Å². The second kappa shape index (κ2) is 9.47. The van der Waals surface area contributed by atoms with Crippen molar-refractivity contribution in [3.8, 4) is 0 Å². The summed E-state index contributed by atoms with van der Waals surface area (Å²) < 4.78 is 0.